The zero-order chi connectivity index (χ0) is 19.4. The summed E-state index contributed by atoms with van der Waals surface area (Å²) in [6.45, 7) is 3.63. The van der Waals surface area contributed by atoms with Crippen LogP contribution in [0.5, 0.6) is 0 Å². The first-order valence-electron chi connectivity index (χ1n) is 8.38. The molecular formula is C19H20N2O4S2. The molecule has 2 heterocycles. The van der Waals surface area contributed by atoms with Gasteiger partial charge >= 0.3 is 0 Å². The first-order valence-corrected chi connectivity index (χ1v) is 10.7. The van der Waals surface area contributed by atoms with Gasteiger partial charge in [0.1, 0.15) is 11.5 Å². The summed E-state index contributed by atoms with van der Waals surface area (Å²) >= 11 is 1.55. The summed E-state index contributed by atoms with van der Waals surface area (Å²) in [5.41, 5.74) is 0.555. The lowest BCUT2D eigenvalue weighted by molar-refractivity contribution is -0.118. The number of hydrogen-bond donors (Lipinski definition) is 2. The van der Waals surface area contributed by atoms with Gasteiger partial charge in [-0.3, -0.25) is 4.79 Å². The van der Waals surface area contributed by atoms with E-state index in [2.05, 4.69) is 10.0 Å². The smallest absolute Gasteiger partial charge is 0.240 e. The molecule has 142 valence electrons. The van der Waals surface area contributed by atoms with Crippen molar-refractivity contribution in [2.45, 2.75) is 25.3 Å². The Morgan fingerprint density at radius 1 is 1.11 bits per heavy atom. The molecule has 0 aliphatic heterocycles. The van der Waals surface area contributed by atoms with Crippen LogP contribution in [0.15, 0.2) is 63.2 Å². The van der Waals surface area contributed by atoms with Crippen LogP contribution in [0.1, 0.15) is 19.6 Å². The number of hydrogen-bond acceptors (Lipinski definition) is 5. The molecule has 3 aromatic rings. The lowest BCUT2D eigenvalue weighted by atomic mass is 10.2. The Kier molecular flexibility index (Phi) is 5.79. The van der Waals surface area contributed by atoms with Gasteiger partial charge in [0.2, 0.25) is 15.9 Å². The standard InChI is InChI=1S/C19H20N2O4S2/c1-13(2)19(22)21-14-5-8-16(9-6-14)27(23,24)20-12-15-7-10-17(25-15)18-4-3-11-26-18/h3-11,13,20H,12H2,1-2H3,(H,21,22). The van der Waals surface area contributed by atoms with Gasteiger partial charge in [-0.15, -0.1) is 11.3 Å². The maximum Gasteiger partial charge on any atom is 0.240 e. The van der Waals surface area contributed by atoms with Crippen molar-refractivity contribution in [1.82, 2.24) is 4.72 Å². The summed E-state index contributed by atoms with van der Waals surface area (Å²) < 4.78 is 33.1. The van der Waals surface area contributed by atoms with E-state index in [0.29, 0.717) is 17.2 Å². The van der Waals surface area contributed by atoms with Gasteiger partial charge in [0, 0.05) is 11.6 Å². The number of amides is 1. The molecule has 6 nitrogen and oxygen atoms in total. The van der Waals surface area contributed by atoms with E-state index in [1.165, 1.54) is 12.1 Å². The molecule has 0 saturated carbocycles. The lowest BCUT2D eigenvalue weighted by Gasteiger charge is -2.09. The van der Waals surface area contributed by atoms with Gasteiger partial charge < -0.3 is 9.73 Å². The number of anilines is 1. The van der Waals surface area contributed by atoms with Crippen LogP contribution in [0, 0.1) is 5.92 Å². The Labute approximate surface area is 162 Å². The maximum absolute atomic E-state index is 12.4. The molecule has 1 aromatic carbocycles. The zero-order valence-corrected chi connectivity index (χ0v) is 16.6. The topological polar surface area (TPSA) is 88.4 Å². The highest BCUT2D eigenvalue weighted by Crippen LogP contribution is 2.26. The second-order valence-electron chi connectivity index (χ2n) is 6.24. The van der Waals surface area contributed by atoms with Crippen LogP contribution in [-0.4, -0.2) is 14.3 Å². The van der Waals surface area contributed by atoms with Crippen molar-refractivity contribution in [1.29, 1.82) is 0 Å². The van der Waals surface area contributed by atoms with Gasteiger partial charge in [0.25, 0.3) is 0 Å². The maximum atomic E-state index is 12.4. The summed E-state index contributed by atoms with van der Waals surface area (Å²) in [4.78, 5) is 12.8. The van der Waals surface area contributed by atoms with Crippen LogP contribution in [0.4, 0.5) is 5.69 Å². The average Bonchev–Trinajstić information content (AvgIpc) is 3.32. The molecule has 0 unspecified atom stereocenters. The van der Waals surface area contributed by atoms with Gasteiger partial charge in [0.15, 0.2) is 0 Å². The first kappa shape index (κ1) is 19.3. The molecule has 0 radical (unpaired) electrons. The number of rotatable bonds is 7. The van der Waals surface area contributed by atoms with E-state index in [-0.39, 0.29) is 23.3 Å². The van der Waals surface area contributed by atoms with Crippen molar-refractivity contribution in [3.05, 3.63) is 59.7 Å². The number of carbonyl (C=O) groups is 1. The largest absolute Gasteiger partial charge is 0.459 e. The normalized spacial score (nSPS) is 11.7. The van der Waals surface area contributed by atoms with Crippen LogP contribution in [0.25, 0.3) is 10.6 Å². The highest BCUT2D eigenvalue weighted by atomic mass is 32.2. The van der Waals surface area contributed by atoms with E-state index in [4.69, 9.17) is 4.42 Å². The molecule has 2 aromatic heterocycles. The van der Waals surface area contributed by atoms with Gasteiger partial charge in [0.05, 0.1) is 16.3 Å². The molecule has 0 bridgehead atoms. The molecule has 1 amide bonds. The zero-order valence-electron chi connectivity index (χ0n) is 14.9. The summed E-state index contributed by atoms with van der Waals surface area (Å²) in [6, 6.07) is 13.5. The monoisotopic (exact) mass is 404 g/mol. The molecule has 0 fully saturated rings. The predicted molar refractivity (Wildman–Crippen MR) is 106 cm³/mol. The second kappa shape index (κ2) is 8.08. The molecule has 27 heavy (non-hydrogen) atoms. The van der Waals surface area contributed by atoms with Crippen molar-refractivity contribution in [2.75, 3.05) is 5.32 Å². The van der Waals surface area contributed by atoms with Gasteiger partial charge in [-0.1, -0.05) is 19.9 Å². The number of nitrogens with one attached hydrogen (secondary N) is 2. The first-order chi connectivity index (χ1) is 12.8. The molecule has 3 rings (SSSR count). The minimum atomic E-state index is -3.68. The van der Waals surface area contributed by atoms with Crippen LogP contribution >= 0.6 is 11.3 Å². The van der Waals surface area contributed by atoms with Crippen molar-refractivity contribution in [2.24, 2.45) is 5.92 Å². The van der Waals surface area contributed by atoms with E-state index < -0.39 is 10.0 Å². The van der Waals surface area contributed by atoms with Crippen LogP contribution in [-0.2, 0) is 21.4 Å². The number of sulfonamides is 1. The molecule has 0 aliphatic carbocycles. The quantitative estimate of drug-likeness (QED) is 0.621. The Morgan fingerprint density at radius 3 is 2.48 bits per heavy atom. The third kappa shape index (κ3) is 4.85. The number of thiophene rings is 1. The third-order valence-corrected chi connectivity index (χ3v) is 6.12. The van der Waals surface area contributed by atoms with E-state index >= 15 is 0 Å². The number of furan rings is 1. The lowest BCUT2D eigenvalue weighted by Crippen LogP contribution is -2.23. The molecule has 0 saturated heterocycles. The van der Waals surface area contributed by atoms with Gasteiger partial charge in [-0.05, 0) is 47.8 Å². The summed E-state index contributed by atoms with van der Waals surface area (Å²) in [7, 11) is -3.68. The Hall–Kier alpha value is -2.42. The summed E-state index contributed by atoms with van der Waals surface area (Å²) in [6.07, 6.45) is 0. The summed E-state index contributed by atoms with van der Waals surface area (Å²) in [5, 5.41) is 4.68. The van der Waals surface area contributed by atoms with Crippen LogP contribution in [0.2, 0.25) is 0 Å². The highest BCUT2D eigenvalue weighted by Gasteiger charge is 2.16. The summed E-state index contributed by atoms with van der Waals surface area (Å²) in [5.74, 6) is 0.970. The molecule has 8 heteroatoms. The number of carbonyl (C=O) groups excluding carboxylic acids is 1. The van der Waals surface area contributed by atoms with Crippen LogP contribution in [0.3, 0.4) is 0 Å². The van der Waals surface area contributed by atoms with E-state index in [0.717, 1.165) is 4.88 Å². The van der Waals surface area contributed by atoms with Crippen molar-refractivity contribution < 1.29 is 17.6 Å². The third-order valence-electron chi connectivity index (χ3n) is 3.82. The SMILES string of the molecule is CC(C)C(=O)Nc1ccc(S(=O)(=O)NCc2ccc(-c3cccs3)o2)cc1. The Balaban J connectivity index is 1.64. The Morgan fingerprint density at radius 2 is 1.85 bits per heavy atom. The van der Waals surface area contributed by atoms with Crippen molar-refractivity contribution in [3.8, 4) is 10.6 Å². The van der Waals surface area contributed by atoms with Gasteiger partial charge in [-0.2, -0.15) is 0 Å². The average molecular weight is 405 g/mol. The fraction of sp³-hybridized carbons (Fsp3) is 0.211. The minimum Gasteiger partial charge on any atom is -0.459 e. The predicted octanol–water partition coefficient (Wildman–Crippen LogP) is 4.08. The molecule has 0 spiro atoms. The van der Waals surface area contributed by atoms with Crippen molar-refractivity contribution in [3.63, 3.8) is 0 Å². The molecular weight excluding hydrogens is 384 g/mol. The van der Waals surface area contributed by atoms with E-state index in [1.807, 2.05) is 23.6 Å². The fourth-order valence-electron chi connectivity index (χ4n) is 2.28. The highest BCUT2D eigenvalue weighted by molar-refractivity contribution is 7.89. The number of benzene rings is 1. The molecule has 0 aliphatic rings. The second-order valence-corrected chi connectivity index (χ2v) is 8.95. The molecule has 0 atom stereocenters. The fourth-order valence-corrected chi connectivity index (χ4v) is 3.96. The van der Waals surface area contributed by atoms with Crippen molar-refractivity contribution >= 4 is 33.0 Å². The van der Waals surface area contributed by atoms with Gasteiger partial charge in [-0.25, -0.2) is 13.1 Å². The van der Waals surface area contributed by atoms with Crippen LogP contribution < -0.4 is 10.0 Å². The Bertz CT molecular complexity index is 1000. The molecule has 2 N–H and O–H groups in total. The van der Waals surface area contributed by atoms with E-state index in [1.54, 1.807) is 43.4 Å². The van der Waals surface area contributed by atoms with E-state index in [9.17, 15) is 13.2 Å². The minimum absolute atomic E-state index is 0.0551.